The summed E-state index contributed by atoms with van der Waals surface area (Å²) >= 11 is 5.93. The highest BCUT2D eigenvalue weighted by atomic mass is 35.5. The van der Waals surface area contributed by atoms with Crippen molar-refractivity contribution in [3.8, 4) is 17.0 Å². The van der Waals surface area contributed by atoms with Crippen molar-refractivity contribution in [2.75, 3.05) is 11.1 Å². The van der Waals surface area contributed by atoms with Crippen LogP contribution in [0.1, 0.15) is 35.5 Å². The Bertz CT molecular complexity index is 1160. The largest absolute Gasteiger partial charge is 0.490 e. The number of H-pyrrole nitrogens is 1. The molecule has 0 bridgehead atoms. The monoisotopic (exact) mass is 471 g/mol. The van der Waals surface area contributed by atoms with Gasteiger partial charge in [-0.15, -0.1) is 0 Å². The number of nitrogens with one attached hydrogen (secondary N) is 2. The van der Waals surface area contributed by atoms with Crippen LogP contribution >= 0.6 is 11.6 Å². The number of anilines is 2. The summed E-state index contributed by atoms with van der Waals surface area (Å²) in [5.74, 6) is -2.25. The Morgan fingerprint density at radius 3 is 2.50 bits per heavy atom. The van der Waals surface area contributed by atoms with Gasteiger partial charge in [0.2, 0.25) is 0 Å². The number of hydrogen-bond donors (Lipinski definition) is 3. The van der Waals surface area contributed by atoms with Gasteiger partial charge in [0.15, 0.2) is 5.15 Å². The van der Waals surface area contributed by atoms with Gasteiger partial charge in [0.05, 0.1) is 28.6 Å². The molecule has 3 aromatic rings. The van der Waals surface area contributed by atoms with Gasteiger partial charge in [-0.3, -0.25) is 9.89 Å². The SMILES string of the molecule is Cc1[nH]nc(Cl)c1NC(=O)c1cc(F)c(-c2cc(C(F)(F)F)cc(N)n2)cc1OC(C)C. The molecule has 0 fully saturated rings. The van der Waals surface area contributed by atoms with Gasteiger partial charge in [0.1, 0.15) is 23.1 Å². The fourth-order valence-corrected chi connectivity index (χ4v) is 3.09. The van der Waals surface area contributed by atoms with Crippen LogP contribution < -0.4 is 15.8 Å². The normalized spacial score (nSPS) is 11.7. The number of aromatic nitrogens is 3. The third kappa shape index (κ3) is 4.93. The van der Waals surface area contributed by atoms with E-state index in [9.17, 15) is 22.4 Å². The zero-order chi connectivity index (χ0) is 23.8. The van der Waals surface area contributed by atoms with Crippen LogP contribution in [0.5, 0.6) is 5.75 Å². The Morgan fingerprint density at radius 2 is 1.94 bits per heavy atom. The Kier molecular flexibility index (Phi) is 6.31. The summed E-state index contributed by atoms with van der Waals surface area (Å²) in [6, 6.07) is 3.27. The van der Waals surface area contributed by atoms with Crippen molar-refractivity contribution in [3.05, 3.63) is 52.1 Å². The zero-order valence-corrected chi connectivity index (χ0v) is 17.8. The molecule has 0 aliphatic rings. The Balaban J connectivity index is 2.10. The van der Waals surface area contributed by atoms with Crippen LogP contribution in [-0.2, 0) is 6.18 Å². The van der Waals surface area contributed by atoms with E-state index < -0.39 is 35.4 Å². The van der Waals surface area contributed by atoms with E-state index in [1.54, 1.807) is 20.8 Å². The molecule has 1 aromatic carbocycles. The molecular formula is C20H18ClF4N5O2. The van der Waals surface area contributed by atoms with Gasteiger partial charge >= 0.3 is 6.18 Å². The number of aryl methyl sites for hydroxylation is 1. The van der Waals surface area contributed by atoms with Crippen molar-refractivity contribution < 1.29 is 27.1 Å². The molecule has 12 heteroatoms. The molecule has 1 amide bonds. The van der Waals surface area contributed by atoms with Crippen molar-refractivity contribution in [2.45, 2.75) is 33.1 Å². The van der Waals surface area contributed by atoms with E-state index in [1.165, 1.54) is 0 Å². The average Bonchev–Trinajstić information content (AvgIpc) is 2.99. The third-order valence-electron chi connectivity index (χ3n) is 4.27. The second-order valence-corrected chi connectivity index (χ2v) is 7.49. The number of carbonyl (C=O) groups is 1. The Labute approximate surface area is 184 Å². The maximum atomic E-state index is 15.0. The topological polar surface area (TPSA) is 106 Å². The van der Waals surface area contributed by atoms with Gasteiger partial charge in [-0.2, -0.15) is 18.3 Å². The molecule has 0 saturated heterocycles. The molecule has 2 aromatic heterocycles. The number of halogens is 5. The van der Waals surface area contributed by atoms with Crippen molar-refractivity contribution in [1.82, 2.24) is 15.2 Å². The fraction of sp³-hybridized carbons (Fsp3) is 0.250. The van der Waals surface area contributed by atoms with Gasteiger partial charge < -0.3 is 15.8 Å². The smallest absolute Gasteiger partial charge is 0.416 e. The van der Waals surface area contributed by atoms with E-state index in [0.29, 0.717) is 17.8 Å². The number of hydrogen-bond acceptors (Lipinski definition) is 5. The number of nitrogens with two attached hydrogens (primary N) is 1. The van der Waals surface area contributed by atoms with Gasteiger partial charge in [0.25, 0.3) is 5.91 Å². The second-order valence-electron chi connectivity index (χ2n) is 7.13. The summed E-state index contributed by atoms with van der Waals surface area (Å²) in [7, 11) is 0. The van der Waals surface area contributed by atoms with Crippen LogP contribution in [-0.4, -0.2) is 27.2 Å². The number of rotatable bonds is 5. The summed E-state index contributed by atoms with van der Waals surface area (Å²) < 4.78 is 60.1. The third-order valence-corrected chi connectivity index (χ3v) is 4.54. The molecule has 170 valence electrons. The van der Waals surface area contributed by atoms with Crippen LogP contribution in [0.4, 0.5) is 29.1 Å². The quantitative estimate of drug-likeness (QED) is 0.443. The van der Waals surface area contributed by atoms with Crippen LogP contribution in [0, 0.1) is 12.7 Å². The second kappa shape index (κ2) is 8.65. The van der Waals surface area contributed by atoms with Gasteiger partial charge in [0, 0.05) is 5.56 Å². The molecule has 7 nitrogen and oxygen atoms in total. The van der Waals surface area contributed by atoms with E-state index >= 15 is 0 Å². The highest BCUT2D eigenvalue weighted by Crippen LogP contribution is 2.36. The van der Waals surface area contributed by atoms with Crippen molar-refractivity contribution in [3.63, 3.8) is 0 Å². The summed E-state index contributed by atoms with van der Waals surface area (Å²) in [6.45, 7) is 4.96. The van der Waals surface area contributed by atoms with Crippen molar-refractivity contribution in [2.24, 2.45) is 0 Å². The lowest BCUT2D eigenvalue weighted by atomic mass is 10.0. The fourth-order valence-electron chi connectivity index (χ4n) is 2.86. The van der Waals surface area contributed by atoms with Crippen LogP contribution in [0.3, 0.4) is 0 Å². The number of nitrogen functional groups attached to an aromatic ring is 1. The van der Waals surface area contributed by atoms with Gasteiger partial charge in [-0.25, -0.2) is 9.37 Å². The van der Waals surface area contributed by atoms with Gasteiger partial charge in [-0.05, 0) is 45.0 Å². The first kappa shape index (κ1) is 23.3. The van der Waals surface area contributed by atoms with Crippen LogP contribution in [0.15, 0.2) is 24.3 Å². The summed E-state index contributed by atoms with van der Waals surface area (Å²) in [5, 5.41) is 8.86. The first-order valence-corrected chi connectivity index (χ1v) is 9.61. The minimum absolute atomic E-state index is 0.00270. The molecule has 0 spiro atoms. The number of amides is 1. The first-order chi connectivity index (χ1) is 14.9. The van der Waals surface area contributed by atoms with E-state index in [-0.39, 0.29) is 33.4 Å². The molecule has 0 atom stereocenters. The molecule has 4 N–H and O–H groups in total. The lowest BCUT2D eigenvalue weighted by Gasteiger charge is -2.17. The number of pyridine rings is 1. The van der Waals surface area contributed by atoms with E-state index in [1.807, 2.05) is 0 Å². The number of carbonyl (C=O) groups excluding carboxylic acids is 1. The average molecular weight is 472 g/mol. The highest BCUT2D eigenvalue weighted by Gasteiger charge is 2.32. The molecule has 3 rings (SSSR count). The van der Waals surface area contributed by atoms with Crippen LogP contribution in [0.2, 0.25) is 5.15 Å². The predicted molar refractivity (Wildman–Crippen MR) is 111 cm³/mol. The summed E-state index contributed by atoms with van der Waals surface area (Å²) in [5.41, 5.74) is 4.21. The molecule has 0 radical (unpaired) electrons. The maximum absolute atomic E-state index is 15.0. The molecule has 0 saturated carbocycles. The number of ether oxygens (including phenoxy) is 1. The number of aromatic amines is 1. The molecule has 0 aliphatic heterocycles. The van der Waals surface area contributed by atoms with Crippen molar-refractivity contribution in [1.29, 1.82) is 0 Å². The molecule has 2 heterocycles. The Morgan fingerprint density at radius 1 is 1.25 bits per heavy atom. The molecule has 0 aliphatic carbocycles. The van der Waals surface area contributed by atoms with Gasteiger partial charge in [-0.1, -0.05) is 11.6 Å². The summed E-state index contributed by atoms with van der Waals surface area (Å²) in [6.07, 6.45) is -5.14. The minimum Gasteiger partial charge on any atom is -0.490 e. The lowest BCUT2D eigenvalue weighted by molar-refractivity contribution is -0.137. The Hall–Kier alpha value is -3.34. The minimum atomic E-state index is -4.71. The number of alkyl halides is 3. The zero-order valence-electron chi connectivity index (χ0n) is 17.1. The van der Waals surface area contributed by atoms with Crippen molar-refractivity contribution >= 4 is 29.0 Å². The molecular weight excluding hydrogens is 454 g/mol. The van der Waals surface area contributed by atoms with E-state index in [4.69, 9.17) is 22.1 Å². The molecule has 32 heavy (non-hydrogen) atoms. The maximum Gasteiger partial charge on any atom is 0.416 e. The standard InChI is InChI=1S/C20H18ClF4N5O2/c1-8(2)32-15-7-11(14-4-10(20(23,24)25)5-16(26)27-14)13(22)6-12(15)19(31)28-17-9(3)29-30-18(17)21/h4-8H,1-3H3,(H2,26,27)(H,28,31)(H,29,30). The van der Waals surface area contributed by atoms with Crippen LogP contribution in [0.25, 0.3) is 11.3 Å². The number of nitrogens with zero attached hydrogens (tertiary/aromatic N) is 2. The predicted octanol–water partition coefficient (Wildman–Crippen LogP) is 5.21. The molecule has 0 unspecified atom stereocenters. The number of benzene rings is 1. The van der Waals surface area contributed by atoms with E-state index in [2.05, 4.69) is 20.5 Å². The van der Waals surface area contributed by atoms with E-state index in [0.717, 1.165) is 12.1 Å². The summed E-state index contributed by atoms with van der Waals surface area (Å²) in [4.78, 5) is 16.6. The highest BCUT2D eigenvalue weighted by molar-refractivity contribution is 6.33. The first-order valence-electron chi connectivity index (χ1n) is 9.24. The lowest BCUT2D eigenvalue weighted by Crippen LogP contribution is -2.17.